The lowest BCUT2D eigenvalue weighted by molar-refractivity contribution is -0.117. The highest BCUT2D eigenvalue weighted by atomic mass is 35.5. The van der Waals surface area contributed by atoms with Crippen molar-refractivity contribution in [3.8, 4) is 0 Å². The molecule has 0 aliphatic carbocycles. The largest absolute Gasteiger partial charge is 0.392 e. The fourth-order valence-electron chi connectivity index (χ4n) is 1.92. The van der Waals surface area contributed by atoms with Gasteiger partial charge in [-0.3, -0.25) is 4.79 Å². The van der Waals surface area contributed by atoms with E-state index in [2.05, 4.69) is 10.6 Å². The Morgan fingerprint density at radius 1 is 1.59 bits per heavy atom. The molecule has 1 fully saturated rings. The van der Waals surface area contributed by atoms with Crippen LogP contribution >= 0.6 is 11.6 Å². The predicted octanol–water partition coefficient (Wildman–Crippen LogP) is 1.31. The highest BCUT2D eigenvalue weighted by Gasteiger charge is 2.28. The molecule has 1 aromatic rings. The number of hydrogen-bond donors (Lipinski definition) is 3. The molecule has 0 spiro atoms. The molecule has 2 atom stereocenters. The third-order valence-electron chi connectivity index (χ3n) is 2.89. The minimum atomic E-state index is -0.446. The number of carbonyl (C=O) groups is 1. The van der Waals surface area contributed by atoms with Crippen molar-refractivity contribution in [2.24, 2.45) is 0 Å². The third kappa shape index (κ3) is 2.77. The van der Waals surface area contributed by atoms with Gasteiger partial charge in [0, 0.05) is 6.54 Å². The summed E-state index contributed by atoms with van der Waals surface area (Å²) in [5, 5.41) is 15.6. The van der Waals surface area contributed by atoms with Crippen molar-refractivity contribution in [3.63, 3.8) is 0 Å². The van der Waals surface area contributed by atoms with Crippen LogP contribution in [0, 0.1) is 6.92 Å². The second-order valence-corrected chi connectivity index (χ2v) is 4.68. The smallest absolute Gasteiger partial charge is 0.241 e. The van der Waals surface area contributed by atoms with Crippen LogP contribution in [-0.4, -0.2) is 29.7 Å². The maximum absolute atomic E-state index is 11.9. The first-order valence-corrected chi connectivity index (χ1v) is 5.93. The van der Waals surface area contributed by atoms with E-state index in [1.54, 1.807) is 6.07 Å². The Hall–Kier alpha value is -1.10. The van der Waals surface area contributed by atoms with Crippen LogP contribution in [0.3, 0.4) is 0 Å². The van der Waals surface area contributed by atoms with E-state index in [0.29, 0.717) is 23.7 Å². The fourth-order valence-corrected chi connectivity index (χ4v) is 2.19. The van der Waals surface area contributed by atoms with E-state index in [0.717, 1.165) is 5.56 Å². The molecule has 1 aliphatic heterocycles. The molecule has 1 aromatic carbocycles. The number of aliphatic hydroxyl groups excluding tert-OH is 1. The van der Waals surface area contributed by atoms with E-state index in [1.807, 2.05) is 19.1 Å². The number of rotatable bonds is 2. The molecule has 0 radical (unpaired) electrons. The van der Waals surface area contributed by atoms with Crippen LogP contribution in [0.4, 0.5) is 5.69 Å². The Balaban J connectivity index is 2.08. The Morgan fingerprint density at radius 3 is 2.94 bits per heavy atom. The Kier molecular flexibility index (Phi) is 3.66. The summed E-state index contributed by atoms with van der Waals surface area (Å²) in [5.74, 6) is -0.155. The molecule has 92 valence electrons. The van der Waals surface area contributed by atoms with Gasteiger partial charge in [0.2, 0.25) is 5.91 Å². The van der Waals surface area contributed by atoms with E-state index in [-0.39, 0.29) is 11.9 Å². The van der Waals surface area contributed by atoms with Gasteiger partial charge in [-0.1, -0.05) is 23.7 Å². The second kappa shape index (κ2) is 5.04. The normalized spacial score (nSPS) is 23.7. The van der Waals surface area contributed by atoms with Gasteiger partial charge < -0.3 is 15.7 Å². The highest BCUT2D eigenvalue weighted by molar-refractivity contribution is 6.34. The fraction of sp³-hybridized carbons (Fsp3) is 0.417. The van der Waals surface area contributed by atoms with Gasteiger partial charge >= 0.3 is 0 Å². The lowest BCUT2D eigenvalue weighted by Gasteiger charge is -2.14. The van der Waals surface area contributed by atoms with E-state index in [9.17, 15) is 9.90 Å². The molecule has 17 heavy (non-hydrogen) atoms. The summed E-state index contributed by atoms with van der Waals surface area (Å²) < 4.78 is 0. The zero-order valence-electron chi connectivity index (χ0n) is 9.53. The van der Waals surface area contributed by atoms with E-state index in [1.165, 1.54) is 0 Å². The maximum Gasteiger partial charge on any atom is 0.241 e. The number of para-hydroxylation sites is 1. The first-order valence-electron chi connectivity index (χ1n) is 5.55. The second-order valence-electron chi connectivity index (χ2n) is 4.27. The third-order valence-corrected chi connectivity index (χ3v) is 3.21. The quantitative estimate of drug-likeness (QED) is 0.746. The summed E-state index contributed by atoms with van der Waals surface area (Å²) in [5.41, 5.74) is 1.56. The summed E-state index contributed by atoms with van der Waals surface area (Å²) in [4.78, 5) is 11.9. The molecule has 0 aromatic heterocycles. The molecule has 1 aliphatic rings. The van der Waals surface area contributed by atoms with Crippen LogP contribution in [-0.2, 0) is 4.79 Å². The molecule has 3 N–H and O–H groups in total. The summed E-state index contributed by atoms with van der Waals surface area (Å²) >= 11 is 6.02. The number of hydrogen-bond acceptors (Lipinski definition) is 3. The molecule has 1 saturated heterocycles. The minimum Gasteiger partial charge on any atom is -0.392 e. The average Bonchev–Trinajstić information content (AvgIpc) is 2.70. The average molecular weight is 255 g/mol. The zero-order valence-corrected chi connectivity index (χ0v) is 10.3. The van der Waals surface area contributed by atoms with E-state index >= 15 is 0 Å². The monoisotopic (exact) mass is 254 g/mol. The van der Waals surface area contributed by atoms with Gasteiger partial charge in [0.25, 0.3) is 0 Å². The van der Waals surface area contributed by atoms with Crippen molar-refractivity contribution in [2.45, 2.75) is 25.5 Å². The lowest BCUT2D eigenvalue weighted by Crippen LogP contribution is -2.35. The van der Waals surface area contributed by atoms with Crippen LogP contribution in [0.1, 0.15) is 12.0 Å². The number of β-amino-alcohol motifs (C(OH)–C–C–N with tert-alkyl or cyclic N) is 1. The van der Waals surface area contributed by atoms with Gasteiger partial charge in [-0.05, 0) is 25.0 Å². The standard InChI is InChI=1S/C12H15ClN2O2/c1-7-3-2-4-9(13)11(7)15-12(17)10-5-8(16)6-14-10/h2-4,8,10,14,16H,5-6H2,1H3,(H,15,17). The lowest BCUT2D eigenvalue weighted by atomic mass is 10.1. The number of anilines is 1. The molecule has 4 nitrogen and oxygen atoms in total. The van der Waals surface area contributed by atoms with Gasteiger partial charge in [-0.15, -0.1) is 0 Å². The summed E-state index contributed by atoms with van der Waals surface area (Å²) in [7, 11) is 0. The van der Waals surface area contributed by atoms with E-state index < -0.39 is 6.10 Å². The molecule has 2 rings (SSSR count). The number of nitrogens with one attached hydrogen (secondary N) is 2. The molecule has 2 unspecified atom stereocenters. The van der Waals surface area contributed by atoms with Crippen molar-refractivity contribution < 1.29 is 9.90 Å². The van der Waals surface area contributed by atoms with Crippen LogP contribution in [0.25, 0.3) is 0 Å². The van der Waals surface area contributed by atoms with Crippen LogP contribution in [0.15, 0.2) is 18.2 Å². The number of aliphatic hydroxyl groups is 1. The SMILES string of the molecule is Cc1cccc(Cl)c1NC(=O)C1CC(O)CN1. The maximum atomic E-state index is 11.9. The van der Waals surface area contributed by atoms with Crippen molar-refractivity contribution >= 4 is 23.2 Å². The van der Waals surface area contributed by atoms with E-state index in [4.69, 9.17) is 11.6 Å². The Morgan fingerprint density at radius 2 is 2.35 bits per heavy atom. The van der Waals surface area contributed by atoms with Crippen molar-refractivity contribution in [2.75, 3.05) is 11.9 Å². The van der Waals surface area contributed by atoms with Gasteiger partial charge in [0.1, 0.15) is 0 Å². The van der Waals surface area contributed by atoms with Crippen molar-refractivity contribution in [1.82, 2.24) is 5.32 Å². The predicted molar refractivity (Wildman–Crippen MR) is 67.2 cm³/mol. The highest BCUT2D eigenvalue weighted by Crippen LogP contribution is 2.25. The van der Waals surface area contributed by atoms with Gasteiger partial charge in [-0.2, -0.15) is 0 Å². The summed E-state index contributed by atoms with van der Waals surface area (Å²) in [6.07, 6.45) is -0.00640. The number of carbonyl (C=O) groups excluding carboxylic acids is 1. The molecule has 0 bridgehead atoms. The zero-order chi connectivity index (χ0) is 12.4. The number of aryl methyl sites for hydroxylation is 1. The van der Waals surface area contributed by atoms with Crippen LogP contribution < -0.4 is 10.6 Å². The van der Waals surface area contributed by atoms with Gasteiger partial charge in [0.15, 0.2) is 0 Å². The van der Waals surface area contributed by atoms with Gasteiger partial charge in [-0.25, -0.2) is 0 Å². The molecule has 1 amide bonds. The molecule has 0 saturated carbocycles. The van der Waals surface area contributed by atoms with Crippen molar-refractivity contribution in [3.05, 3.63) is 28.8 Å². The topological polar surface area (TPSA) is 61.4 Å². The number of amides is 1. The first-order chi connectivity index (χ1) is 8.08. The minimum absolute atomic E-state index is 0.155. The molecular formula is C12H15ClN2O2. The Labute approximate surface area is 105 Å². The molecular weight excluding hydrogens is 240 g/mol. The molecule has 5 heteroatoms. The number of halogens is 1. The summed E-state index contributed by atoms with van der Waals surface area (Å²) in [6, 6.07) is 5.12. The van der Waals surface area contributed by atoms with Crippen LogP contribution in [0.5, 0.6) is 0 Å². The van der Waals surface area contributed by atoms with Gasteiger partial charge in [0.05, 0.1) is 22.9 Å². The molecule has 1 heterocycles. The number of benzene rings is 1. The summed E-state index contributed by atoms with van der Waals surface area (Å²) in [6.45, 7) is 2.35. The van der Waals surface area contributed by atoms with Crippen molar-refractivity contribution in [1.29, 1.82) is 0 Å². The Bertz CT molecular complexity index is 416. The first kappa shape index (κ1) is 12.4. The van der Waals surface area contributed by atoms with Crippen LogP contribution in [0.2, 0.25) is 5.02 Å².